The van der Waals surface area contributed by atoms with Crippen LogP contribution in [0.3, 0.4) is 0 Å². The van der Waals surface area contributed by atoms with E-state index in [0.29, 0.717) is 36.5 Å². The molecule has 2 heterocycles. The first kappa shape index (κ1) is 18.7. The summed E-state index contributed by atoms with van der Waals surface area (Å²) in [4.78, 5) is 22.1. The van der Waals surface area contributed by atoms with Gasteiger partial charge in [0.2, 0.25) is 5.91 Å². The van der Waals surface area contributed by atoms with E-state index in [0.717, 1.165) is 17.7 Å². The Balaban J connectivity index is 1.73. The van der Waals surface area contributed by atoms with Gasteiger partial charge in [0.15, 0.2) is 0 Å². The van der Waals surface area contributed by atoms with Crippen molar-refractivity contribution in [2.75, 3.05) is 46.8 Å². The quantitative estimate of drug-likeness (QED) is 0.815. The van der Waals surface area contributed by atoms with Crippen molar-refractivity contribution in [2.45, 2.75) is 19.5 Å². The zero-order chi connectivity index (χ0) is 18.8. The highest BCUT2D eigenvalue weighted by Gasteiger charge is 2.28. The van der Waals surface area contributed by atoms with Gasteiger partial charge >= 0.3 is 6.55 Å². The second-order valence-electron chi connectivity index (χ2n) is 6.88. The number of para-hydroxylation sites is 2. The van der Waals surface area contributed by atoms with E-state index >= 15 is 0 Å². The standard InChI is InChI=1S/C18H25F2N5O/c1-13(24-10-8-23(9-11-24)12-16(26)22(2)3)17-21-14-6-4-5-7-15(14)25(17)18(19)20/h4-7,13,18H,8-12H2,1-3H3. The number of carbonyl (C=O) groups excluding carboxylic acids is 1. The fourth-order valence-corrected chi connectivity index (χ4v) is 3.37. The van der Waals surface area contributed by atoms with Crippen molar-refractivity contribution in [2.24, 2.45) is 0 Å². The van der Waals surface area contributed by atoms with Crippen molar-refractivity contribution in [1.82, 2.24) is 24.3 Å². The molecule has 1 unspecified atom stereocenters. The van der Waals surface area contributed by atoms with Gasteiger partial charge in [-0.3, -0.25) is 19.2 Å². The van der Waals surface area contributed by atoms with Crippen LogP contribution in [0.25, 0.3) is 11.0 Å². The van der Waals surface area contributed by atoms with E-state index in [1.165, 1.54) is 0 Å². The first-order chi connectivity index (χ1) is 12.4. The minimum atomic E-state index is -2.63. The lowest BCUT2D eigenvalue weighted by Gasteiger charge is -2.37. The van der Waals surface area contributed by atoms with E-state index in [1.54, 1.807) is 43.3 Å². The SMILES string of the molecule is CC(c1nc2ccccc2n1C(F)F)N1CCN(CC(=O)N(C)C)CC1. The Morgan fingerprint density at radius 1 is 1.19 bits per heavy atom. The molecule has 26 heavy (non-hydrogen) atoms. The first-order valence-corrected chi connectivity index (χ1v) is 8.80. The van der Waals surface area contributed by atoms with E-state index in [4.69, 9.17) is 0 Å². The second-order valence-corrected chi connectivity index (χ2v) is 6.88. The molecule has 8 heteroatoms. The highest BCUT2D eigenvalue weighted by atomic mass is 19.3. The molecule has 3 rings (SSSR count). The summed E-state index contributed by atoms with van der Waals surface area (Å²) in [5.41, 5.74) is 1.05. The fourth-order valence-electron chi connectivity index (χ4n) is 3.37. The third-order valence-corrected chi connectivity index (χ3v) is 5.00. The van der Waals surface area contributed by atoms with Crippen LogP contribution in [0.1, 0.15) is 25.3 Å². The number of piperazine rings is 1. The molecule has 1 fully saturated rings. The minimum Gasteiger partial charge on any atom is -0.348 e. The predicted molar refractivity (Wildman–Crippen MR) is 96.1 cm³/mol. The van der Waals surface area contributed by atoms with Crippen LogP contribution in [0.2, 0.25) is 0 Å². The summed E-state index contributed by atoms with van der Waals surface area (Å²) in [5.74, 6) is 0.463. The number of aromatic nitrogens is 2. The molecule has 0 N–H and O–H groups in total. The van der Waals surface area contributed by atoms with Gasteiger partial charge in [-0.05, 0) is 19.1 Å². The number of likely N-dealkylation sites (N-methyl/N-ethyl adjacent to an activating group) is 1. The average molecular weight is 365 g/mol. The summed E-state index contributed by atoms with van der Waals surface area (Å²) in [6.45, 7) is 2.59. The molecule has 0 spiro atoms. The van der Waals surface area contributed by atoms with Crippen molar-refractivity contribution in [3.63, 3.8) is 0 Å². The summed E-state index contributed by atoms with van der Waals surface area (Å²) < 4.78 is 28.3. The van der Waals surface area contributed by atoms with Crippen LogP contribution in [0, 0.1) is 0 Å². The predicted octanol–water partition coefficient (Wildman–Crippen LogP) is 2.20. The number of alkyl halides is 2. The molecule has 142 valence electrons. The lowest BCUT2D eigenvalue weighted by molar-refractivity contribution is -0.130. The topological polar surface area (TPSA) is 44.6 Å². The Morgan fingerprint density at radius 3 is 2.46 bits per heavy atom. The van der Waals surface area contributed by atoms with Crippen LogP contribution in [-0.4, -0.2) is 77.0 Å². The van der Waals surface area contributed by atoms with Crippen LogP contribution in [0.5, 0.6) is 0 Å². The minimum absolute atomic E-state index is 0.0750. The monoisotopic (exact) mass is 365 g/mol. The summed E-state index contributed by atoms with van der Waals surface area (Å²) in [7, 11) is 3.49. The smallest absolute Gasteiger partial charge is 0.320 e. The van der Waals surface area contributed by atoms with Gasteiger partial charge in [-0.2, -0.15) is 8.78 Å². The van der Waals surface area contributed by atoms with Gasteiger partial charge in [-0.25, -0.2) is 4.98 Å². The van der Waals surface area contributed by atoms with Crippen LogP contribution >= 0.6 is 0 Å². The third-order valence-electron chi connectivity index (χ3n) is 5.00. The summed E-state index contributed by atoms with van der Waals surface area (Å²) in [6, 6.07) is 6.77. The van der Waals surface area contributed by atoms with E-state index in [-0.39, 0.29) is 11.9 Å². The number of fused-ring (bicyclic) bond motifs is 1. The van der Waals surface area contributed by atoms with Crippen LogP contribution in [0.15, 0.2) is 24.3 Å². The Hall–Kier alpha value is -2.06. The highest BCUT2D eigenvalue weighted by Crippen LogP contribution is 2.29. The number of rotatable bonds is 5. The molecule has 1 atom stereocenters. The molecule has 6 nitrogen and oxygen atoms in total. The first-order valence-electron chi connectivity index (χ1n) is 8.80. The van der Waals surface area contributed by atoms with Gasteiger partial charge in [-0.15, -0.1) is 0 Å². The van der Waals surface area contributed by atoms with Gasteiger partial charge < -0.3 is 4.90 Å². The summed E-state index contributed by atoms with van der Waals surface area (Å²) in [5, 5.41) is 0. The van der Waals surface area contributed by atoms with Crippen molar-refractivity contribution < 1.29 is 13.6 Å². The van der Waals surface area contributed by atoms with Crippen molar-refractivity contribution in [3.05, 3.63) is 30.1 Å². The molecule has 1 aliphatic rings. The van der Waals surface area contributed by atoms with Crippen LogP contribution < -0.4 is 0 Å². The number of amides is 1. The third kappa shape index (κ3) is 3.71. The fraction of sp³-hybridized carbons (Fsp3) is 0.556. The van der Waals surface area contributed by atoms with E-state index in [1.807, 2.05) is 6.92 Å². The van der Waals surface area contributed by atoms with Gasteiger partial charge in [0.05, 0.1) is 23.6 Å². The molecular weight excluding hydrogens is 340 g/mol. The Morgan fingerprint density at radius 2 is 1.85 bits per heavy atom. The molecule has 1 amide bonds. The van der Waals surface area contributed by atoms with Crippen molar-refractivity contribution in [1.29, 1.82) is 0 Å². The molecule has 1 aromatic heterocycles. The van der Waals surface area contributed by atoms with Gasteiger partial charge in [-0.1, -0.05) is 12.1 Å². The van der Waals surface area contributed by atoms with Gasteiger partial charge in [0.1, 0.15) is 5.82 Å². The second kappa shape index (κ2) is 7.67. The molecule has 0 radical (unpaired) electrons. The number of carbonyl (C=O) groups is 1. The number of hydrogen-bond donors (Lipinski definition) is 0. The molecule has 0 saturated carbocycles. The molecular formula is C18H25F2N5O. The van der Waals surface area contributed by atoms with E-state index in [2.05, 4.69) is 14.8 Å². The summed E-state index contributed by atoms with van der Waals surface area (Å²) >= 11 is 0. The zero-order valence-corrected chi connectivity index (χ0v) is 15.4. The molecule has 0 bridgehead atoms. The lowest BCUT2D eigenvalue weighted by atomic mass is 10.2. The number of hydrogen-bond acceptors (Lipinski definition) is 4. The van der Waals surface area contributed by atoms with E-state index < -0.39 is 6.55 Å². The highest BCUT2D eigenvalue weighted by molar-refractivity contribution is 5.77. The number of nitrogens with zero attached hydrogens (tertiary/aromatic N) is 5. The van der Waals surface area contributed by atoms with E-state index in [9.17, 15) is 13.6 Å². The maximum Gasteiger partial charge on any atom is 0.320 e. The van der Waals surface area contributed by atoms with Gasteiger partial charge in [0, 0.05) is 40.3 Å². The Kier molecular flexibility index (Phi) is 5.52. The number of benzene rings is 1. The number of imidazole rings is 1. The maximum absolute atomic E-state index is 13.7. The average Bonchev–Trinajstić information content (AvgIpc) is 3.01. The van der Waals surface area contributed by atoms with Crippen LogP contribution in [0.4, 0.5) is 8.78 Å². The Bertz CT molecular complexity index is 768. The Labute approximate surface area is 152 Å². The molecule has 2 aromatic rings. The summed E-state index contributed by atoms with van der Waals surface area (Å²) in [6.07, 6.45) is 0. The largest absolute Gasteiger partial charge is 0.348 e. The molecule has 1 aliphatic heterocycles. The van der Waals surface area contributed by atoms with Crippen molar-refractivity contribution in [3.8, 4) is 0 Å². The maximum atomic E-state index is 13.7. The lowest BCUT2D eigenvalue weighted by Crippen LogP contribution is -2.50. The van der Waals surface area contributed by atoms with Crippen LogP contribution in [-0.2, 0) is 4.79 Å². The molecule has 1 saturated heterocycles. The van der Waals surface area contributed by atoms with Gasteiger partial charge in [0.25, 0.3) is 0 Å². The zero-order valence-electron chi connectivity index (χ0n) is 15.4. The molecule has 0 aliphatic carbocycles. The number of halogens is 2. The van der Waals surface area contributed by atoms with Crippen molar-refractivity contribution >= 4 is 16.9 Å². The normalized spacial score (nSPS) is 17.8. The molecule has 1 aromatic carbocycles.